The number of nitrogens with one attached hydrogen (secondary N) is 1. The van der Waals surface area contributed by atoms with Gasteiger partial charge in [-0.1, -0.05) is 0 Å². The number of carbonyl (C=O) groups excluding carboxylic acids is 2. The van der Waals surface area contributed by atoms with Crippen LogP contribution in [0.25, 0.3) is 0 Å². The van der Waals surface area contributed by atoms with E-state index in [0.717, 1.165) is 36.3 Å². The third-order valence-corrected chi connectivity index (χ3v) is 4.50. The van der Waals surface area contributed by atoms with Gasteiger partial charge in [-0.15, -0.1) is 0 Å². The molecule has 1 N–H and O–H groups in total. The van der Waals surface area contributed by atoms with Gasteiger partial charge in [-0.2, -0.15) is 5.10 Å². The van der Waals surface area contributed by atoms with Crippen molar-refractivity contribution in [2.24, 2.45) is 7.05 Å². The molecular weight excluding hydrogens is 318 g/mol. The molecule has 3 rings (SSSR count). The maximum Gasteiger partial charge on any atom is 0.257 e. The summed E-state index contributed by atoms with van der Waals surface area (Å²) in [6.45, 7) is 4.47. The second-order valence-corrected chi connectivity index (χ2v) is 6.45. The first-order chi connectivity index (χ1) is 12.0. The van der Waals surface area contributed by atoms with Crippen molar-refractivity contribution >= 4 is 11.8 Å². The average Bonchev–Trinajstić information content (AvgIpc) is 3.19. The van der Waals surface area contributed by atoms with Crippen LogP contribution < -0.4 is 5.32 Å². The Kier molecular flexibility index (Phi) is 4.83. The molecule has 2 amide bonds. The SMILES string of the molecule is CC(=O)NCc1cc(C2CCCN2C(=O)c2cn(C)nc2C)ccn1. The van der Waals surface area contributed by atoms with E-state index in [2.05, 4.69) is 15.4 Å². The zero-order valence-corrected chi connectivity index (χ0v) is 14.8. The van der Waals surface area contributed by atoms with E-state index in [1.807, 2.05) is 31.0 Å². The topological polar surface area (TPSA) is 80.1 Å². The number of amides is 2. The predicted octanol–water partition coefficient (Wildman–Crippen LogP) is 1.74. The normalized spacial score (nSPS) is 16.9. The molecule has 132 valence electrons. The Labute approximate surface area is 147 Å². The van der Waals surface area contributed by atoms with E-state index in [1.165, 1.54) is 6.92 Å². The van der Waals surface area contributed by atoms with Crippen molar-refractivity contribution in [2.45, 2.75) is 39.3 Å². The summed E-state index contributed by atoms with van der Waals surface area (Å²) < 4.78 is 1.67. The van der Waals surface area contributed by atoms with E-state index in [1.54, 1.807) is 17.1 Å². The van der Waals surface area contributed by atoms with E-state index >= 15 is 0 Å². The van der Waals surface area contributed by atoms with Gasteiger partial charge >= 0.3 is 0 Å². The van der Waals surface area contributed by atoms with Crippen molar-refractivity contribution in [1.82, 2.24) is 25.0 Å². The number of nitrogens with zero attached hydrogens (tertiary/aromatic N) is 4. The number of aryl methyl sites for hydroxylation is 2. The van der Waals surface area contributed by atoms with Gasteiger partial charge < -0.3 is 10.2 Å². The maximum absolute atomic E-state index is 13.0. The number of aromatic nitrogens is 3. The van der Waals surface area contributed by atoms with Crippen LogP contribution in [0, 0.1) is 6.92 Å². The predicted molar refractivity (Wildman–Crippen MR) is 92.7 cm³/mol. The first kappa shape index (κ1) is 17.1. The van der Waals surface area contributed by atoms with Crippen molar-refractivity contribution in [2.75, 3.05) is 6.54 Å². The molecule has 2 aromatic rings. The fraction of sp³-hybridized carbons (Fsp3) is 0.444. The summed E-state index contributed by atoms with van der Waals surface area (Å²) in [5.74, 6) is -0.0646. The van der Waals surface area contributed by atoms with Gasteiger partial charge in [0.2, 0.25) is 5.91 Å². The van der Waals surface area contributed by atoms with E-state index < -0.39 is 0 Å². The third kappa shape index (κ3) is 3.70. The van der Waals surface area contributed by atoms with Crippen LogP contribution >= 0.6 is 0 Å². The largest absolute Gasteiger partial charge is 0.351 e. The molecule has 1 aliphatic rings. The van der Waals surface area contributed by atoms with Gasteiger partial charge in [0.25, 0.3) is 5.91 Å². The number of hydrogen-bond acceptors (Lipinski definition) is 4. The van der Waals surface area contributed by atoms with Gasteiger partial charge in [0.05, 0.1) is 29.5 Å². The van der Waals surface area contributed by atoms with E-state index in [-0.39, 0.29) is 17.9 Å². The van der Waals surface area contributed by atoms with Crippen LogP contribution in [0.4, 0.5) is 0 Å². The molecule has 1 fully saturated rings. The van der Waals surface area contributed by atoms with Crippen molar-refractivity contribution in [3.8, 4) is 0 Å². The Balaban J connectivity index is 1.82. The molecule has 1 saturated heterocycles. The highest BCUT2D eigenvalue weighted by Gasteiger charge is 2.32. The molecule has 7 nitrogen and oxygen atoms in total. The zero-order valence-electron chi connectivity index (χ0n) is 14.8. The highest BCUT2D eigenvalue weighted by atomic mass is 16.2. The first-order valence-electron chi connectivity index (χ1n) is 8.46. The quantitative estimate of drug-likeness (QED) is 0.918. The maximum atomic E-state index is 13.0. The van der Waals surface area contributed by atoms with Crippen LogP contribution in [0.1, 0.15) is 53.1 Å². The molecule has 0 saturated carbocycles. The molecular formula is C18H23N5O2. The molecule has 1 unspecified atom stereocenters. The van der Waals surface area contributed by atoms with Crippen LogP contribution in [-0.2, 0) is 18.4 Å². The second kappa shape index (κ2) is 7.04. The Morgan fingerprint density at radius 2 is 2.20 bits per heavy atom. The van der Waals surface area contributed by atoms with Crippen LogP contribution in [-0.4, -0.2) is 38.0 Å². The monoisotopic (exact) mass is 341 g/mol. The fourth-order valence-electron chi connectivity index (χ4n) is 3.34. The molecule has 0 bridgehead atoms. The van der Waals surface area contributed by atoms with E-state index in [9.17, 15) is 9.59 Å². The molecule has 0 spiro atoms. The Hall–Kier alpha value is -2.70. The van der Waals surface area contributed by atoms with Crippen LogP contribution in [0.3, 0.4) is 0 Å². The van der Waals surface area contributed by atoms with Crippen LogP contribution in [0.5, 0.6) is 0 Å². The Morgan fingerprint density at radius 1 is 1.40 bits per heavy atom. The summed E-state index contributed by atoms with van der Waals surface area (Å²) in [4.78, 5) is 30.3. The molecule has 3 heterocycles. The lowest BCUT2D eigenvalue weighted by atomic mass is 10.0. The molecule has 0 radical (unpaired) electrons. The fourth-order valence-corrected chi connectivity index (χ4v) is 3.34. The standard InChI is InChI=1S/C18H23N5O2/c1-12-16(11-22(3)21-12)18(25)23-8-4-5-17(23)14-6-7-19-15(9-14)10-20-13(2)24/h6-7,9,11,17H,4-5,8,10H2,1-3H3,(H,20,24). The van der Waals surface area contributed by atoms with Gasteiger partial charge in [-0.3, -0.25) is 19.3 Å². The molecule has 1 atom stereocenters. The molecule has 0 aromatic carbocycles. The van der Waals surface area contributed by atoms with E-state index in [4.69, 9.17) is 0 Å². The zero-order chi connectivity index (χ0) is 18.0. The van der Waals surface area contributed by atoms with Gasteiger partial charge in [-0.05, 0) is 37.5 Å². The minimum absolute atomic E-state index is 0.0216. The van der Waals surface area contributed by atoms with Crippen LogP contribution in [0.15, 0.2) is 24.5 Å². The highest BCUT2D eigenvalue weighted by molar-refractivity contribution is 5.95. The van der Waals surface area contributed by atoms with Crippen molar-refractivity contribution in [1.29, 1.82) is 0 Å². The summed E-state index contributed by atoms with van der Waals surface area (Å²) in [6.07, 6.45) is 5.41. The summed E-state index contributed by atoms with van der Waals surface area (Å²) in [7, 11) is 1.82. The summed E-state index contributed by atoms with van der Waals surface area (Å²) in [6, 6.07) is 3.96. The highest BCUT2D eigenvalue weighted by Crippen LogP contribution is 2.33. The lowest BCUT2D eigenvalue weighted by Gasteiger charge is -2.25. The third-order valence-electron chi connectivity index (χ3n) is 4.50. The molecule has 0 aliphatic carbocycles. The smallest absolute Gasteiger partial charge is 0.257 e. The second-order valence-electron chi connectivity index (χ2n) is 6.45. The molecule has 1 aliphatic heterocycles. The number of carbonyl (C=O) groups is 2. The van der Waals surface area contributed by atoms with Gasteiger partial charge in [0.15, 0.2) is 0 Å². The minimum Gasteiger partial charge on any atom is -0.351 e. The van der Waals surface area contributed by atoms with Gasteiger partial charge in [0, 0.05) is 32.9 Å². The molecule has 7 heteroatoms. The van der Waals surface area contributed by atoms with Gasteiger partial charge in [0.1, 0.15) is 0 Å². The van der Waals surface area contributed by atoms with E-state index in [0.29, 0.717) is 12.1 Å². The minimum atomic E-state index is -0.0862. The summed E-state index contributed by atoms with van der Waals surface area (Å²) in [5.41, 5.74) is 3.26. The lowest BCUT2D eigenvalue weighted by molar-refractivity contribution is -0.119. The average molecular weight is 341 g/mol. The first-order valence-corrected chi connectivity index (χ1v) is 8.46. The summed E-state index contributed by atoms with van der Waals surface area (Å²) in [5, 5.41) is 7.03. The molecule has 25 heavy (non-hydrogen) atoms. The Morgan fingerprint density at radius 3 is 2.88 bits per heavy atom. The number of rotatable bonds is 4. The van der Waals surface area contributed by atoms with Crippen LogP contribution in [0.2, 0.25) is 0 Å². The van der Waals surface area contributed by atoms with Crippen molar-refractivity contribution < 1.29 is 9.59 Å². The van der Waals surface area contributed by atoms with Crippen molar-refractivity contribution in [3.63, 3.8) is 0 Å². The Bertz CT molecular complexity index is 799. The lowest BCUT2D eigenvalue weighted by Crippen LogP contribution is -2.31. The number of likely N-dealkylation sites (tertiary alicyclic amines) is 1. The van der Waals surface area contributed by atoms with Crippen molar-refractivity contribution in [3.05, 3.63) is 47.0 Å². The number of hydrogen-bond donors (Lipinski definition) is 1. The number of pyridine rings is 1. The van der Waals surface area contributed by atoms with Gasteiger partial charge in [-0.25, -0.2) is 0 Å². The molecule has 2 aromatic heterocycles. The summed E-state index contributed by atoms with van der Waals surface area (Å²) >= 11 is 0.